The second kappa shape index (κ2) is 12.7. The molecule has 0 bridgehead atoms. The Balaban J connectivity index is 1.86. The van der Waals surface area contributed by atoms with Crippen molar-refractivity contribution in [3.05, 3.63) is 75.9 Å². The van der Waals surface area contributed by atoms with E-state index in [4.69, 9.17) is 0 Å². The van der Waals surface area contributed by atoms with Crippen LogP contribution in [0.1, 0.15) is 65.6 Å². The van der Waals surface area contributed by atoms with Gasteiger partial charge in [0.25, 0.3) is 0 Å². The van der Waals surface area contributed by atoms with Gasteiger partial charge in [-0.3, -0.25) is 0 Å². The Bertz CT molecular complexity index is 796. The highest BCUT2D eigenvalue weighted by Gasteiger charge is 2.13. The number of hydrogen-bond acceptors (Lipinski definition) is 2. The van der Waals surface area contributed by atoms with Crippen LogP contribution < -0.4 is 5.32 Å². The Morgan fingerprint density at radius 2 is 1.77 bits per heavy atom. The van der Waals surface area contributed by atoms with Gasteiger partial charge in [0.05, 0.1) is 0 Å². The van der Waals surface area contributed by atoms with E-state index in [9.17, 15) is 4.48 Å². The van der Waals surface area contributed by atoms with E-state index < -0.39 is 0 Å². The van der Waals surface area contributed by atoms with Crippen molar-refractivity contribution in [2.75, 3.05) is 19.6 Å². The van der Waals surface area contributed by atoms with E-state index >= 15 is 0 Å². The van der Waals surface area contributed by atoms with Gasteiger partial charge in [0, 0.05) is 26.2 Å². The zero-order chi connectivity index (χ0) is 21.9. The molecule has 0 aliphatic rings. The number of benzene rings is 2. The van der Waals surface area contributed by atoms with E-state index in [-0.39, 0.29) is 0 Å². The molecule has 2 aromatic carbocycles. The van der Waals surface area contributed by atoms with E-state index in [1.165, 1.54) is 40.7 Å². The molecule has 0 amide bonds. The third-order valence-corrected chi connectivity index (χ3v) is 6.04. The summed E-state index contributed by atoms with van der Waals surface area (Å²) in [6.07, 6.45) is 7.13. The number of nitrogens with zero attached hydrogens (tertiary/aromatic N) is 1. The lowest BCUT2D eigenvalue weighted by molar-refractivity contribution is 0.0282. The SMILES string of the molecule is C=Cc1ccc(CCN(F)CCNCc2c(CC)cc(C)c(C)c2CCCC)cc1. The summed E-state index contributed by atoms with van der Waals surface area (Å²) in [5, 5.41) is 4.42. The fraction of sp³-hybridized carbons (Fsp3) is 0.481. The fourth-order valence-corrected chi connectivity index (χ4v) is 3.94. The Labute approximate surface area is 183 Å². The lowest BCUT2D eigenvalue weighted by atomic mass is 9.89. The van der Waals surface area contributed by atoms with Crippen LogP contribution in [-0.2, 0) is 25.8 Å². The zero-order valence-electron chi connectivity index (χ0n) is 19.4. The molecule has 30 heavy (non-hydrogen) atoms. The van der Waals surface area contributed by atoms with Gasteiger partial charge in [-0.25, -0.2) is 0 Å². The Morgan fingerprint density at radius 3 is 2.40 bits per heavy atom. The highest BCUT2D eigenvalue weighted by atomic mass is 19.2. The van der Waals surface area contributed by atoms with Crippen molar-refractivity contribution >= 4 is 6.08 Å². The third kappa shape index (κ3) is 7.07. The molecule has 2 rings (SSSR count). The molecule has 0 saturated carbocycles. The van der Waals surface area contributed by atoms with Crippen molar-refractivity contribution in [1.29, 1.82) is 0 Å². The second-order valence-corrected chi connectivity index (χ2v) is 8.17. The van der Waals surface area contributed by atoms with Crippen molar-refractivity contribution < 1.29 is 4.48 Å². The Morgan fingerprint density at radius 1 is 1.03 bits per heavy atom. The van der Waals surface area contributed by atoms with Crippen LogP contribution in [0.5, 0.6) is 0 Å². The minimum absolute atomic E-state index is 0.404. The van der Waals surface area contributed by atoms with Gasteiger partial charge in [-0.1, -0.05) is 63.3 Å². The topological polar surface area (TPSA) is 15.3 Å². The summed E-state index contributed by atoms with van der Waals surface area (Å²) in [5.74, 6) is 0. The van der Waals surface area contributed by atoms with Gasteiger partial charge in [-0.2, -0.15) is 0 Å². The summed E-state index contributed by atoms with van der Waals surface area (Å²) in [6, 6.07) is 10.5. The van der Waals surface area contributed by atoms with Gasteiger partial charge in [0.15, 0.2) is 0 Å². The maximum Gasteiger partial charge on any atom is 0.0415 e. The fourth-order valence-electron chi connectivity index (χ4n) is 3.94. The van der Waals surface area contributed by atoms with Crippen molar-refractivity contribution in [1.82, 2.24) is 10.4 Å². The standard InChI is InChI=1S/C27H39FN2/c1-6-9-10-26-22(5)21(4)19-25(8-3)27(26)20-29-16-18-30(28)17-15-24-13-11-23(7-2)12-14-24/h7,11-14,19,29H,2,6,8-10,15-18,20H2,1,3-5H3. The predicted molar refractivity (Wildman–Crippen MR) is 129 cm³/mol. The molecule has 3 heteroatoms. The highest BCUT2D eigenvalue weighted by molar-refractivity contribution is 5.47. The molecule has 0 aromatic heterocycles. The summed E-state index contributed by atoms with van der Waals surface area (Å²) in [6.45, 7) is 15.0. The number of rotatable bonds is 13. The number of halogens is 1. The second-order valence-electron chi connectivity index (χ2n) is 8.17. The van der Waals surface area contributed by atoms with Crippen molar-refractivity contribution in [3.63, 3.8) is 0 Å². The predicted octanol–water partition coefficient (Wildman–Crippen LogP) is 6.37. The smallest absolute Gasteiger partial charge is 0.0415 e. The average Bonchev–Trinajstić information content (AvgIpc) is 2.77. The minimum Gasteiger partial charge on any atom is -0.311 e. The van der Waals surface area contributed by atoms with Crippen LogP contribution in [0.2, 0.25) is 0 Å². The number of unbranched alkanes of at least 4 members (excludes halogenated alkanes) is 1. The van der Waals surface area contributed by atoms with Crippen LogP contribution in [0.15, 0.2) is 36.9 Å². The van der Waals surface area contributed by atoms with Crippen LogP contribution in [0.25, 0.3) is 6.08 Å². The van der Waals surface area contributed by atoms with Crippen LogP contribution in [0, 0.1) is 13.8 Å². The van der Waals surface area contributed by atoms with E-state index in [0.29, 0.717) is 26.1 Å². The molecule has 2 aromatic rings. The van der Waals surface area contributed by atoms with E-state index in [2.05, 4.69) is 45.7 Å². The molecule has 0 aliphatic carbocycles. The molecule has 0 saturated heterocycles. The molecule has 0 radical (unpaired) electrons. The van der Waals surface area contributed by atoms with Gasteiger partial charge >= 0.3 is 0 Å². The molecule has 0 fully saturated rings. The Hall–Kier alpha value is -1.97. The van der Waals surface area contributed by atoms with Gasteiger partial charge in [-0.05, 0) is 78.5 Å². The summed E-state index contributed by atoms with van der Waals surface area (Å²) < 4.78 is 14.2. The lowest BCUT2D eigenvalue weighted by Gasteiger charge is -2.20. The average molecular weight is 411 g/mol. The quantitative estimate of drug-likeness (QED) is 0.305. The molecule has 0 spiro atoms. The maximum atomic E-state index is 14.2. The normalized spacial score (nSPS) is 11.3. The minimum atomic E-state index is 0.404. The van der Waals surface area contributed by atoms with Crippen LogP contribution in [0.4, 0.5) is 4.48 Å². The first kappa shape index (κ1) is 24.3. The lowest BCUT2D eigenvalue weighted by Crippen LogP contribution is -2.28. The van der Waals surface area contributed by atoms with Crippen LogP contribution in [0.3, 0.4) is 0 Å². The first-order chi connectivity index (χ1) is 14.5. The molecular weight excluding hydrogens is 371 g/mol. The summed E-state index contributed by atoms with van der Waals surface area (Å²) in [7, 11) is 0. The Kier molecular flexibility index (Phi) is 10.3. The number of aryl methyl sites for hydroxylation is 2. The van der Waals surface area contributed by atoms with Gasteiger partial charge in [0.1, 0.15) is 0 Å². The first-order valence-electron chi connectivity index (χ1n) is 11.4. The molecule has 164 valence electrons. The molecule has 2 nitrogen and oxygen atoms in total. The van der Waals surface area contributed by atoms with Gasteiger partial charge in [0.2, 0.25) is 0 Å². The zero-order valence-corrected chi connectivity index (χ0v) is 19.4. The van der Waals surface area contributed by atoms with Crippen molar-refractivity contribution in [2.45, 2.75) is 66.3 Å². The van der Waals surface area contributed by atoms with Crippen LogP contribution >= 0.6 is 0 Å². The van der Waals surface area contributed by atoms with E-state index in [1.54, 1.807) is 0 Å². The summed E-state index contributed by atoms with van der Waals surface area (Å²) in [4.78, 5) is 0. The number of hydrogen-bond donors (Lipinski definition) is 1. The highest BCUT2D eigenvalue weighted by Crippen LogP contribution is 2.25. The molecule has 0 atom stereocenters. The van der Waals surface area contributed by atoms with Gasteiger partial charge < -0.3 is 5.32 Å². The van der Waals surface area contributed by atoms with E-state index in [0.717, 1.165) is 35.6 Å². The monoisotopic (exact) mass is 410 g/mol. The largest absolute Gasteiger partial charge is 0.311 e. The maximum absolute atomic E-state index is 14.2. The molecule has 0 heterocycles. The molecule has 0 aliphatic heterocycles. The van der Waals surface area contributed by atoms with Crippen molar-refractivity contribution in [2.24, 2.45) is 0 Å². The molecule has 1 N–H and O–H groups in total. The van der Waals surface area contributed by atoms with Crippen molar-refractivity contribution in [3.8, 4) is 0 Å². The summed E-state index contributed by atoms with van der Waals surface area (Å²) >= 11 is 0. The molecule has 0 unspecified atom stereocenters. The van der Waals surface area contributed by atoms with Crippen LogP contribution in [-0.4, -0.2) is 24.8 Å². The summed E-state index contributed by atoms with van der Waals surface area (Å²) in [5.41, 5.74) is 9.42. The number of nitrogens with one attached hydrogen (secondary N) is 1. The molecular formula is C27H39FN2. The first-order valence-corrected chi connectivity index (χ1v) is 11.4. The third-order valence-electron chi connectivity index (χ3n) is 6.04. The van der Waals surface area contributed by atoms with E-state index in [1.807, 2.05) is 30.3 Å². The van der Waals surface area contributed by atoms with Gasteiger partial charge in [-0.15, -0.1) is 9.60 Å².